The molecule has 1 heterocycles. The minimum Gasteiger partial charge on any atom is -0.508 e. The summed E-state index contributed by atoms with van der Waals surface area (Å²) in [5, 5.41) is 9.68. The van der Waals surface area contributed by atoms with E-state index in [2.05, 4.69) is 0 Å². The number of phenols is 1. The molecule has 3 rings (SSSR count). The summed E-state index contributed by atoms with van der Waals surface area (Å²) in [5.41, 5.74) is 0.127. The van der Waals surface area contributed by atoms with E-state index in [-0.39, 0.29) is 17.2 Å². The first-order valence-corrected chi connectivity index (χ1v) is 8.17. The Morgan fingerprint density at radius 2 is 2.00 bits per heavy atom. The quantitative estimate of drug-likeness (QED) is 0.871. The third-order valence-corrected chi connectivity index (χ3v) is 5.24. The number of phenolic OH excluding ortho intramolecular Hbond substituents is 1. The number of hydrogen-bond acceptors (Lipinski definition) is 4. The Hall–Kier alpha value is -1.67. The summed E-state index contributed by atoms with van der Waals surface area (Å²) >= 11 is 0. The van der Waals surface area contributed by atoms with Crippen molar-refractivity contribution in [2.75, 3.05) is 13.1 Å². The molecule has 1 saturated carbocycles. The second kappa shape index (κ2) is 4.96. The second-order valence-electron chi connectivity index (χ2n) is 5.35. The van der Waals surface area contributed by atoms with Gasteiger partial charge in [0.1, 0.15) is 11.6 Å². The Bertz CT molecular complexity index is 696. The van der Waals surface area contributed by atoms with Crippen molar-refractivity contribution in [2.45, 2.75) is 25.2 Å². The van der Waals surface area contributed by atoms with Crippen LogP contribution in [0.3, 0.4) is 0 Å². The van der Waals surface area contributed by atoms with Crippen molar-refractivity contribution in [3.63, 3.8) is 0 Å². The average molecular weight is 314 g/mol. The fraction of sp³-hybridized carbons (Fsp3) is 0.462. The van der Waals surface area contributed by atoms with Gasteiger partial charge in [0.05, 0.1) is 5.56 Å². The number of benzene rings is 1. The van der Waals surface area contributed by atoms with Gasteiger partial charge in [0.25, 0.3) is 5.91 Å². The predicted molar refractivity (Wildman–Crippen MR) is 72.6 cm³/mol. The Morgan fingerprint density at radius 3 is 2.52 bits per heavy atom. The maximum Gasteiger partial charge on any atom is 0.304 e. The molecule has 1 amide bonds. The summed E-state index contributed by atoms with van der Waals surface area (Å²) in [5.74, 6) is -2.03. The highest BCUT2D eigenvalue weighted by atomic mass is 32.2. The third-order valence-electron chi connectivity index (χ3n) is 3.75. The molecule has 0 unspecified atom stereocenters. The molecule has 114 valence electrons. The van der Waals surface area contributed by atoms with Gasteiger partial charge in [0.2, 0.25) is 0 Å². The smallest absolute Gasteiger partial charge is 0.304 e. The summed E-state index contributed by atoms with van der Waals surface area (Å²) in [6.45, 7) is 0.710. The maximum atomic E-state index is 13.8. The topological polar surface area (TPSA) is 86.7 Å². The first kappa shape index (κ1) is 14.3. The average Bonchev–Trinajstić information content (AvgIpc) is 3.08. The summed E-state index contributed by atoms with van der Waals surface area (Å²) < 4.78 is 40.4. The monoisotopic (exact) mass is 314 g/mol. The van der Waals surface area contributed by atoms with Crippen molar-refractivity contribution >= 4 is 16.1 Å². The number of hydrogen-bond donors (Lipinski definition) is 2. The minimum atomic E-state index is -3.91. The molecule has 1 saturated heterocycles. The molecule has 0 aromatic heterocycles. The maximum absolute atomic E-state index is 13.8. The summed E-state index contributed by atoms with van der Waals surface area (Å²) in [7, 11) is -3.91. The van der Waals surface area contributed by atoms with Gasteiger partial charge in [0.15, 0.2) is 0 Å². The largest absolute Gasteiger partial charge is 0.508 e. The van der Waals surface area contributed by atoms with Crippen LogP contribution in [0.1, 0.15) is 41.1 Å². The Labute approximate surface area is 121 Å². The molecule has 0 atom stereocenters. The van der Waals surface area contributed by atoms with E-state index >= 15 is 0 Å². The molecule has 21 heavy (non-hydrogen) atoms. The third kappa shape index (κ3) is 2.73. The van der Waals surface area contributed by atoms with E-state index in [0.29, 0.717) is 18.7 Å². The predicted octanol–water partition coefficient (Wildman–Crippen LogP) is 1.09. The number of carbonyl (C=O) groups excluding carboxylic acids is 1. The zero-order chi connectivity index (χ0) is 15.2. The molecule has 6 nitrogen and oxygen atoms in total. The molecular formula is C13H15FN2O4S. The van der Waals surface area contributed by atoms with E-state index in [0.717, 1.165) is 29.6 Å². The highest BCUT2D eigenvalue weighted by Crippen LogP contribution is 2.44. The van der Waals surface area contributed by atoms with E-state index in [9.17, 15) is 22.7 Å². The Morgan fingerprint density at radius 1 is 1.33 bits per heavy atom. The van der Waals surface area contributed by atoms with E-state index in [1.165, 1.54) is 6.07 Å². The van der Waals surface area contributed by atoms with Gasteiger partial charge in [0, 0.05) is 19.2 Å². The van der Waals surface area contributed by atoms with Crippen molar-refractivity contribution in [2.24, 2.45) is 0 Å². The normalized spacial score (nSPS) is 19.1. The molecule has 1 aromatic rings. The standard InChI is InChI=1S/C13H15FN2O4S/c14-11-7-12(17)9(8-2-3-8)6-10(11)13(18)15-21(19,20)16-4-1-5-16/h6-8,17H,1-5H2,(H,15,18). The van der Waals surface area contributed by atoms with Gasteiger partial charge in [-0.15, -0.1) is 0 Å². The van der Waals surface area contributed by atoms with E-state index in [4.69, 9.17) is 0 Å². The van der Waals surface area contributed by atoms with Crippen LogP contribution in [0.4, 0.5) is 4.39 Å². The SMILES string of the molecule is O=C(NS(=O)(=O)N1CCC1)c1cc(C2CC2)c(O)cc1F. The van der Waals surface area contributed by atoms with Gasteiger partial charge >= 0.3 is 10.2 Å². The lowest BCUT2D eigenvalue weighted by atomic mass is 10.0. The van der Waals surface area contributed by atoms with Crippen molar-refractivity contribution in [1.29, 1.82) is 0 Å². The zero-order valence-electron chi connectivity index (χ0n) is 11.2. The van der Waals surface area contributed by atoms with Gasteiger partial charge in [-0.05, 0) is 36.8 Å². The van der Waals surface area contributed by atoms with Crippen LogP contribution >= 0.6 is 0 Å². The first-order valence-electron chi connectivity index (χ1n) is 6.73. The molecule has 8 heteroatoms. The van der Waals surface area contributed by atoms with Gasteiger partial charge in [-0.25, -0.2) is 9.11 Å². The van der Waals surface area contributed by atoms with Gasteiger partial charge in [-0.3, -0.25) is 4.79 Å². The molecule has 0 radical (unpaired) electrons. The van der Waals surface area contributed by atoms with Crippen molar-refractivity contribution < 1.29 is 22.7 Å². The molecule has 1 aliphatic carbocycles. The number of nitrogens with zero attached hydrogens (tertiary/aromatic N) is 1. The van der Waals surface area contributed by atoms with Crippen LogP contribution in [0, 0.1) is 5.82 Å². The molecule has 0 bridgehead atoms. The second-order valence-corrected chi connectivity index (χ2v) is 7.02. The number of carbonyl (C=O) groups is 1. The lowest BCUT2D eigenvalue weighted by molar-refractivity contribution is 0.0973. The molecule has 2 aliphatic rings. The summed E-state index contributed by atoms with van der Waals surface area (Å²) in [6, 6.07) is 2.10. The highest BCUT2D eigenvalue weighted by molar-refractivity contribution is 7.87. The zero-order valence-corrected chi connectivity index (χ0v) is 12.0. The van der Waals surface area contributed by atoms with Crippen LogP contribution in [0.15, 0.2) is 12.1 Å². The molecule has 2 N–H and O–H groups in total. The number of amides is 1. The van der Waals surface area contributed by atoms with Crippen molar-refractivity contribution in [1.82, 2.24) is 9.03 Å². The van der Waals surface area contributed by atoms with E-state index < -0.39 is 21.9 Å². The first-order chi connectivity index (χ1) is 9.88. The molecule has 1 aromatic carbocycles. The van der Waals surface area contributed by atoms with Crippen LogP contribution in [-0.2, 0) is 10.2 Å². The van der Waals surface area contributed by atoms with E-state index in [1.54, 1.807) is 0 Å². The number of rotatable bonds is 4. The lowest BCUT2D eigenvalue weighted by Gasteiger charge is -2.29. The van der Waals surface area contributed by atoms with Crippen LogP contribution in [0.2, 0.25) is 0 Å². The van der Waals surface area contributed by atoms with Gasteiger partial charge in [-0.2, -0.15) is 12.7 Å². The van der Waals surface area contributed by atoms with E-state index in [1.807, 2.05) is 4.72 Å². The number of aromatic hydroxyl groups is 1. The van der Waals surface area contributed by atoms with Gasteiger partial charge < -0.3 is 5.11 Å². The van der Waals surface area contributed by atoms with Crippen LogP contribution < -0.4 is 4.72 Å². The Balaban J connectivity index is 1.85. The van der Waals surface area contributed by atoms with Gasteiger partial charge in [-0.1, -0.05) is 0 Å². The summed E-state index contributed by atoms with van der Waals surface area (Å²) in [6.07, 6.45) is 2.48. The van der Waals surface area contributed by atoms with Crippen molar-refractivity contribution in [3.8, 4) is 5.75 Å². The summed E-state index contributed by atoms with van der Waals surface area (Å²) in [4.78, 5) is 12.0. The van der Waals surface area contributed by atoms with Crippen LogP contribution in [0.5, 0.6) is 5.75 Å². The highest BCUT2D eigenvalue weighted by Gasteiger charge is 2.32. The minimum absolute atomic E-state index is 0.115. The van der Waals surface area contributed by atoms with Crippen LogP contribution in [-0.4, -0.2) is 36.8 Å². The molecule has 2 fully saturated rings. The fourth-order valence-electron chi connectivity index (χ4n) is 2.24. The lowest BCUT2D eigenvalue weighted by Crippen LogP contribution is -2.49. The Kier molecular flexibility index (Phi) is 3.37. The number of halogens is 1. The number of nitrogens with one attached hydrogen (secondary N) is 1. The van der Waals surface area contributed by atoms with Crippen LogP contribution in [0.25, 0.3) is 0 Å². The molecule has 1 aliphatic heterocycles. The molecular weight excluding hydrogens is 299 g/mol. The van der Waals surface area contributed by atoms with Crippen molar-refractivity contribution in [3.05, 3.63) is 29.1 Å². The molecule has 0 spiro atoms. The fourth-order valence-corrected chi connectivity index (χ4v) is 3.45.